The number of rotatable bonds is 13. The van der Waals surface area contributed by atoms with E-state index in [9.17, 15) is 18.0 Å². The van der Waals surface area contributed by atoms with Gasteiger partial charge in [-0.1, -0.05) is 23.7 Å². The van der Waals surface area contributed by atoms with Crippen molar-refractivity contribution in [1.82, 2.24) is 15.3 Å². The number of ether oxygens (including phenoxy) is 2. The van der Waals surface area contributed by atoms with Gasteiger partial charge in [-0.05, 0) is 69.1 Å². The van der Waals surface area contributed by atoms with Crippen LogP contribution >= 0.6 is 11.6 Å². The zero-order valence-corrected chi connectivity index (χ0v) is 23.4. The Balaban J connectivity index is 1.24. The zero-order valence-electron chi connectivity index (χ0n) is 22.6. The lowest BCUT2D eigenvalue weighted by atomic mass is 10.0. The molecule has 2 aromatic heterocycles. The van der Waals surface area contributed by atoms with Crippen molar-refractivity contribution >= 4 is 45.0 Å². The lowest BCUT2D eigenvalue weighted by molar-refractivity contribution is -0.274. The highest BCUT2D eigenvalue weighted by Gasteiger charge is 2.32. The van der Waals surface area contributed by atoms with Gasteiger partial charge in [-0.25, -0.2) is 4.98 Å². The molecule has 0 saturated heterocycles. The first-order chi connectivity index (χ1) is 19.4. The van der Waals surface area contributed by atoms with E-state index in [4.69, 9.17) is 27.1 Å². The molecule has 1 amide bonds. The lowest BCUT2D eigenvalue weighted by Gasteiger charge is -2.27. The number of nitrogens with zero attached hydrogens (tertiary/aromatic N) is 2. The van der Waals surface area contributed by atoms with Gasteiger partial charge in [-0.2, -0.15) is 0 Å². The Morgan fingerprint density at radius 2 is 1.85 bits per heavy atom. The summed E-state index contributed by atoms with van der Waals surface area (Å²) >= 11 is 5.89. The van der Waals surface area contributed by atoms with Crippen LogP contribution in [0.2, 0.25) is 5.02 Å². The predicted molar refractivity (Wildman–Crippen MR) is 153 cm³/mol. The van der Waals surface area contributed by atoms with Crippen LogP contribution < -0.4 is 21.1 Å². The van der Waals surface area contributed by atoms with E-state index in [1.54, 1.807) is 30.6 Å². The van der Waals surface area contributed by atoms with Crippen molar-refractivity contribution in [2.75, 3.05) is 25.1 Å². The summed E-state index contributed by atoms with van der Waals surface area (Å²) in [5.41, 5.74) is 6.79. The van der Waals surface area contributed by atoms with Crippen molar-refractivity contribution in [1.29, 1.82) is 0 Å². The molecule has 0 saturated carbocycles. The van der Waals surface area contributed by atoms with Crippen LogP contribution in [-0.2, 0) is 11.3 Å². The summed E-state index contributed by atoms with van der Waals surface area (Å²) in [5, 5.41) is 9.32. The number of benzene rings is 2. The van der Waals surface area contributed by atoms with Crippen LogP contribution in [0.4, 0.5) is 19.0 Å². The van der Waals surface area contributed by atoms with E-state index in [0.717, 1.165) is 34.6 Å². The first-order valence-electron chi connectivity index (χ1n) is 13.0. The van der Waals surface area contributed by atoms with Gasteiger partial charge in [-0.15, -0.1) is 13.2 Å². The summed E-state index contributed by atoms with van der Waals surface area (Å²) < 4.78 is 47.0. The molecular formula is C29H31ClF3N5O3. The minimum Gasteiger partial charge on any atom is -0.404 e. The monoisotopic (exact) mass is 589 g/mol. The van der Waals surface area contributed by atoms with Crippen LogP contribution in [0.1, 0.15) is 42.6 Å². The third-order valence-corrected chi connectivity index (χ3v) is 6.54. The van der Waals surface area contributed by atoms with Crippen LogP contribution in [0.3, 0.4) is 0 Å². The van der Waals surface area contributed by atoms with Gasteiger partial charge in [0.05, 0.1) is 22.7 Å². The number of halogens is 4. The highest BCUT2D eigenvalue weighted by molar-refractivity contribution is 6.32. The maximum Gasteiger partial charge on any atom is 0.573 e. The van der Waals surface area contributed by atoms with Crippen molar-refractivity contribution in [2.24, 2.45) is 5.73 Å². The molecular weight excluding hydrogens is 559 g/mol. The molecule has 0 unspecified atom stereocenters. The first kappa shape index (κ1) is 30.3. The van der Waals surface area contributed by atoms with Crippen LogP contribution in [0.25, 0.3) is 21.7 Å². The van der Waals surface area contributed by atoms with Gasteiger partial charge in [0.1, 0.15) is 11.6 Å². The lowest BCUT2D eigenvalue weighted by Crippen LogP contribution is -2.37. The number of nitrogens with two attached hydrogens (primary N) is 1. The molecule has 2 aromatic carbocycles. The zero-order chi connectivity index (χ0) is 29.6. The van der Waals surface area contributed by atoms with E-state index in [0.29, 0.717) is 43.2 Å². The van der Waals surface area contributed by atoms with E-state index in [2.05, 4.69) is 20.4 Å². The Morgan fingerprint density at radius 1 is 1.05 bits per heavy atom. The van der Waals surface area contributed by atoms with E-state index in [1.807, 2.05) is 26.0 Å². The average molecular weight is 590 g/mol. The van der Waals surface area contributed by atoms with E-state index < -0.39 is 23.6 Å². The molecule has 2 heterocycles. The summed E-state index contributed by atoms with van der Waals surface area (Å²) in [6.07, 6.45) is 0.373. The highest BCUT2D eigenvalue weighted by Crippen LogP contribution is 2.32. The van der Waals surface area contributed by atoms with Crippen LogP contribution in [0.5, 0.6) is 5.75 Å². The van der Waals surface area contributed by atoms with Crippen LogP contribution in [0.15, 0.2) is 54.9 Å². The van der Waals surface area contributed by atoms with Gasteiger partial charge in [0.15, 0.2) is 0 Å². The predicted octanol–water partition coefficient (Wildman–Crippen LogP) is 6.21. The summed E-state index contributed by atoms with van der Waals surface area (Å²) in [6.45, 7) is 6.19. The molecule has 0 aliphatic heterocycles. The first-order valence-corrected chi connectivity index (χ1v) is 13.4. The molecule has 4 rings (SSSR count). The maximum atomic E-state index is 12.4. The fourth-order valence-electron chi connectivity index (χ4n) is 4.33. The molecule has 0 radical (unpaired) electrons. The van der Waals surface area contributed by atoms with Gasteiger partial charge in [0, 0.05) is 47.3 Å². The van der Waals surface area contributed by atoms with Crippen molar-refractivity contribution < 1.29 is 27.4 Å². The van der Waals surface area contributed by atoms with Gasteiger partial charge >= 0.3 is 6.36 Å². The van der Waals surface area contributed by atoms with Gasteiger partial charge in [0.25, 0.3) is 0 Å². The third kappa shape index (κ3) is 8.42. The fourth-order valence-corrected chi connectivity index (χ4v) is 4.57. The van der Waals surface area contributed by atoms with E-state index in [-0.39, 0.29) is 5.02 Å². The smallest absolute Gasteiger partial charge is 0.404 e. The average Bonchev–Trinajstić information content (AvgIpc) is 2.90. The Hall–Kier alpha value is -3.67. The van der Waals surface area contributed by atoms with E-state index in [1.165, 1.54) is 12.1 Å². The minimum absolute atomic E-state index is 0.0924. The number of nitrogens with one attached hydrogen (secondary N) is 2. The van der Waals surface area contributed by atoms with Gasteiger partial charge < -0.3 is 25.8 Å². The SMILES string of the molecule is CC(C)(COCCCCNCc1ccc(OC(F)(F)F)c(Cl)c1)Nc1nc2cc(C(N)=O)ccc2c2cnccc12. The molecule has 8 nitrogen and oxygen atoms in total. The standard InChI is InChI=1S/C29H31ClF3N5O3/c1-28(2,17-40-12-4-3-10-35-15-18-5-8-25(23(30)13-18)41-29(31,32)33)38-27-21-9-11-36-16-22(21)20-7-6-19(26(34)39)14-24(20)37-27/h5-9,11,13-14,16,35H,3-4,10,12,15,17H2,1-2H3,(H2,34,39)(H,37,38). The number of alkyl halides is 3. The number of unbranched alkanes of at least 4 members (excludes halogenated alkanes) is 1. The van der Waals surface area contributed by atoms with Crippen molar-refractivity contribution in [2.45, 2.75) is 45.1 Å². The molecule has 0 spiro atoms. The number of carbonyl (C=O) groups excluding carboxylic acids is 1. The Bertz CT molecular complexity index is 1530. The number of anilines is 1. The normalized spacial score (nSPS) is 12.1. The molecule has 41 heavy (non-hydrogen) atoms. The molecule has 4 aromatic rings. The fraction of sp³-hybridized carbons (Fsp3) is 0.345. The van der Waals surface area contributed by atoms with Crippen LogP contribution in [0, 0.1) is 0 Å². The quantitative estimate of drug-likeness (QED) is 0.126. The van der Waals surface area contributed by atoms with E-state index >= 15 is 0 Å². The number of primary amides is 1. The summed E-state index contributed by atoms with van der Waals surface area (Å²) in [6, 6.07) is 11.3. The number of fused-ring (bicyclic) bond motifs is 3. The molecule has 0 aliphatic rings. The van der Waals surface area contributed by atoms with Crippen molar-refractivity contribution in [3.8, 4) is 5.75 Å². The Morgan fingerprint density at radius 3 is 2.59 bits per heavy atom. The largest absolute Gasteiger partial charge is 0.573 e. The molecule has 12 heteroatoms. The number of hydrogen-bond donors (Lipinski definition) is 3. The number of pyridine rings is 2. The number of hydrogen-bond acceptors (Lipinski definition) is 7. The molecule has 218 valence electrons. The number of aromatic nitrogens is 2. The maximum absolute atomic E-state index is 12.4. The molecule has 4 N–H and O–H groups in total. The van der Waals surface area contributed by atoms with Crippen molar-refractivity contribution in [3.05, 3.63) is 71.0 Å². The summed E-state index contributed by atoms with van der Waals surface area (Å²) in [4.78, 5) is 20.7. The summed E-state index contributed by atoms with van der Waals surface area (Å²) in [5.74, 6) is -0.278. The Labute approximate surface area is 240 Å². The van der Waals surface area contributed by atoms with Crippen molar-refractivity contribution in [3.63, 3.8) is 0 Å². The number of carbonyl (C=O) groups is 1. The second kappa shape index (κ2) is 12.9. The third-order valence-electron chi connectivity index (χ3n) is 6.24. The molecule has 0 bridgehead atoms. The highest BCUT2D eigenvalue weighted by atomic mass is 35.5. The molecule has 0 atom stereocenters. The summed E-state index contributed by atoms with van der Waals surface area (Å²) in [7, 11) is 0. The number of amides is 1. The van der Waals surface area contributed by atoms with Gasteiger partial charge in [-0.3, -0.25) is 9.78 Å². The topological polar surface area (TPSA) is 111 Å². The second-order valence-corrected chi connectivity index (χ2v) is 10.6. The molecule has 0 aliphatic carbocycles. The molecule has 0 fully saturated rings. The second-order valence-electron chi connectivity index (χ2n) is 10.2. The van der Waals surface area contributed by atoms with Gasteiger partial charge in [0.2, 0.25) is 5.91 Å². The minimum atomic E-state index is -4.78. The Kier molecular flexibility index (Phi) is 9.52. The van der Waals surface area contributed by atoms with Crippen LogP contribution in [-0.4, -0.2) is 47.5 Å².